The number of ether oxygens (including phenoxy) is 2. The van der Waals surface area contributed by atoms with Gasteiger partial charge in [-0.05, 0) is 17.7 Å². The number of aromatic nitrogens is 1. The molecule has 5 heteroatoms. The molecule has 1 aromatic carbocycles. The minimum Gasteiger partial charge on any atom is -0.493 e. The number of rotatable bonds is 4. The van der Waals surface area contributed by atoms with Crippen LogP contribution in [-0.2, 0) is 5.33 Å². The summed E-state index contributed by atoms with van der Waals surface area (Å²) in [5.41, 5.74) is 1.59. The smallest absolute Gasteiger partial charge is 0.219 e. The molecule has 0 aliphatic carbocycles. The Morgan fingerprint density at radius 1 is 1.26 bits per heavy atom. The van der Waals surface area contributed by atoms with Crippen LogP contribution in [0.1, 0.15) is 11.1 Å². The Labute approximate surface area is 119 Å². The van der Waals surface area contributed by atoms with Gasteiger partial charge < -0.3 is 9.47 Å². The number of hydrogen-bond donors (Lipinski definition) is 0. The molecule has 2 rings (SSSR count). The Hall–Kier alpha value is -2.06. The van der Waals surface area contributed by atoms with Crippen molar-refractivity contribution >= 4 is 15.9 Å². The van der Waals surface area contributed by atoms with Gasteiger partial charge in [-0.15, -0.1) is 0 Å². The van der Waals surface area contributed by atoms with Crippen LogP contribution in [0.25, 0.3) is 0 Å². The summed E-state index contributed by atoms with van der Waals surface area (Å²) in [5.74, 6) is 1.51. The minimum atomic E-state index is 0.479. The van der Waals surface area contributed by atoms with Crippen molar-refractivity contribution in [3.8, 4) is 23.4 Å². The van der Waals surface area contributed by atoms with Crippen LogP contribution in [0, 0.1) is 11.3 Å². The molecule has 0 atom stereocenters. The zero-order valence-corrected chi connectivity index (χ0v) is 11.8. The van der Waals surface area contributed by atoms with Crippen LogP contribution in [0.5, 0.6) is 17.4 Å². The van der Waals surface area contributed by atoms with Crippen molar-refractivity contribution in [2.24, 2.45) is 0 Å². The SMILES string of the molecule is COc1cc(C#N)ccc1Oc1ccc(CBr)cn1. The molecular weight excluding hydrogens is 308 g/mol. The summed E-state index contributed by atoms with van der Waals surface area (Å²) in [4.78, 5) is 4.19. The van der Waals surface area contributed by atoms with Crippen LogP contribution < -0.4 is 9.47 Å². The maximum atomic E-state index is 8.83. The standard InChI is InChI=1S/C14H11BrN2O2/c1-18-13-6-10(8-16)2-4-12(13)19-14-5-3-11(7-15)9-17-14/h2-6,9H,7H2,1H3. The largest absolute Gasteiger partial charge is 0.493 e. The van der Waals surface area contributed by atoms with Crippen molar-refractivity contribution in [3.63, 3.8) is 0 Å². The van der Waals surface area contributed by atoms with Crippen LogP contribution in [0.2, 0.25) is 0 Å². The maximum absolute atomic E-state index is 8.83. The highest BCUT2D eigenvalue weighted by Gasteiger charge is 2.07. The second-order valence-electron chi connectivity index (χ2n) is 3.72. The summed E-state index contributed by atoms with van der Waals surface area (Å²) in [7, 11) is 1.53. The summed E-state index contributed by atoms with van der Waals surface area (Å²) in [6, 6.07) is 10.8. The highest BCUT2D eigenvalue weighted by molar-refractivity contribution is 9.08. The van der Waals surface area contributed by atoms with Crippen LogP contribution in [0.15, 0.2) is 36.5 Å². The molecule has 2 aromatic rings. The van der Waals surface area contributed by atoms with E-state index in [0.29, 0.717) is 22.9 Å². The third kappa shape index (κ3) is 3.24. The molecule has 0 aliphatic rings. The van der Waals surface area contributed by atoms with Gasteiger partial charge >= 0.3 is 0 Å². The number of benzene rings is 1. The first-order chi connectivity index (χ1) is 9.26. The van der Waals surface area contributed by atoms with Gasteiger partial charge in [0.2, 0.25) is 5.88 Å². The Kier molecular flexibility index (Phi) is 4.37. The molecule has 96 valence electrons. The van der Waals surface area contributed by atoms with Gasteiger partial charge in [-0.3, -0.25) is 0 Å². The summed E-state index contributed by atoms with van der Waals surface area (Å²) in [6.45, 7) is 0. The summed E-state index contributed by atoms with van der Waals surface area (Å²) >= 11 is 3.36. The number of hydrogen-bond acceptors (Lipinski definition) is 4. The summed E-state index contributed by atoms with van der Waals surface area (Å²) < 4.78 is 10.8. The van der Waals surface area contributed by atoms with E-state index < -0.39 is 0 Å². The van der Waals surface area contributed by atoms with E-state index in [-0.39, 0.29) is 0 Å². The lowest BCUT2D eigenvalue weighted by molar-refractivity contribution is 0.374. The molecule has 19 heavy (non-hydrogen) atoms. The van der Waals surface area contributed by atoms with Gasteiger partial charge in [0.15, 0.2) is 11.5 Å². The van der Waals surface area contributed by atoms with E-state index in [2.05, 4.69) is 27.0 Å². The number of methoxy groups -OCH3 is 1. The average Bonchev–Trinajstić information content (AvgIpc) is 2.48. The fraction of sp³-hybridized carbons (Fsp3) is 0.143. The Bertz CT molecular complexity index is 606. The minimum absolute atomic E-state index is 0.479. The summed E-state index contributed by atoms with van der Waals surface area (Å²) in [5, 5.41) is 9.58. The van der Waals surface area contributed by atoms with Gasteiger partial charge in [-0.1, -0.05) is 22.0 Å². The fourth-order valence-corrected chi connectivity index (χ4v) is 1.82. The fourth-order valence-electron chi connectivity index (χ4n) is 1.48. The van der Waals surface area contributed by atoms with Crippen molar-refractivity contribution < 1.29 is 9.47 Å². The first-order valence-electron chi connectivity index (χ1n) is 5.53. The molecule has 0 saturated carbocycles. The topological polar surface area (TPSA) is 55.1 Å². The lowest BCUT2D eigenvalue weighted by atomic mass is 10.2. The molecule has 0 spiro atoms. The van der Waals surface area contributed by atoms with E-state index in [1.807, 2.05) is 6.07 Å². The van der Waals surface area contributed by atoms with E-state index >= 15 is 0 Å². The van der Waals surface area contributed by atoms with Gasteiger partial charge in [0.05, 0.1) is 18.7 Å². The van der Waals surface area contributed by atoms with E-state index in [0.717, 1.165) is 10.9 Å². The number of alkyl halides is 1. The average molecular weight is 319 g/mol. The van der Waals surface area contributed by atoms with E-state index in [4.69, 9.17) is 14.7 Å². The third-order valence-electron chi connectivity index (χ3n) is 2.46. The Morgan fingerprint density at radius 3 is 2.68 bits per heavy atom. The zero-order valence-electron chi connectivity index (χ0n) is 10.3. The number of nitriles is 1. The second-order valence-corrected chi connectivity index (χ2v) is 4.28. The van der Waals surface area contributed by atoms with E-state index in [9.17, 15) is 0 Å². The van der Waals surface area contributed by atoms with E-state index in [1.54, 1.807) is 30.5 Å². The molecule has 1 heterocycles. The molecular formula is C14H11BrN2O2. The van der Waals surface area contributed by atoms with Gasteiger partial charge in [-0.25, -0.2) is 4.98 Å². The Balaban J connectivity index is 2.24. The first kappa shape index (κ1) is 13.4. The lowest BCUT2D eigenvalue weighted by Crippen LogP contribution is -1.93. The number of nitrogens with zero attached hydrogens (tertiary/aromatic N) is 2. The van der Waals surface area contributed by atoms with Gasteiger partial charge in [0.1, 0.15) is 0 Å². The summed E-state index contributed by atoms with van der Waals surface area (Å²) in [6.07, 6.45) is 1.74. The molecule has 0 fully saturated rings. The van der Waals surface area contributed by atoms with Crippen LogP contribution in [0.3, 0.4) is 0 Å². The van der Waals surface area contributed by atoms with E-state index in [1.165, 1.54) is 7.11 Å². The maximum Gasteiger partial charge on any atom is 0.219 e. The first-order valence-corrected chi connectivity index (χ1v) is 6.66. The number of pyridine rings is 1. The molecule has 0 saturated heterocycles. The van der Waals surface area contributed by atoms with Gasteiger partial charge in [0.25, 0.3) is 0 Å². The molecule has 0 bridgehead atoms. The molecule has 4 nitrogen and oxygen atoms in total. The van der Waals surface area contributed by atoms with Crippen molar-refractivity contribution in [2.45, 2.75) is 5.33 Å². The van der Waals surface area contributed by atoms with Crippen molar-refractivity contribution in [1.29, 1.82) is 5.26 Å². The molecule has 0 radical (unpaired) electrons. The quantitative estimate of drug-likeness (QED) is 0.807. The van der Waals surface area contributed by atoms with Crippen molar-refractivity contribution in [2.75, 3.05) is 7.11 Å². The monoisotopic (exact) mass is 318 g/mol. The third-order valence-corrected chi connectivity index (χ3v) is 3.11. The zero-order chi connectivity index (χ0) is 13.7. The van der Waals surface area contributed by atoms with Gasteiger partial charge in [0, 0.05) is 23.7 Å². The van der Waals surface area contributed by atoms with Crippen LogP contribution in [0.4, 0.5) is 0 Å². The normalized spacial score (nSPS) is 9.74. The predicted octanol–water partition coefficient (Wildman–Crippen LogP) is 3.65. The predicted molar refractivity (Wildman–Crippen MR) is 74.7 cm³/mol. The van der Waals surface area contributed by atoms with Crippen LogP contribution >= 0.6 is 15.9 Å². The van der Waals surface area contributed by atoms with Crippen LogP contribution in [-0.4, -0.2) is 12.1 Å². The van der Waals surface area contributed by atoms with Crippen molar-refractivity contribution in [3.05, 3.63) is 47.7 Å². The molecule has 0 aliphatic heterocycles. The van der Waals surface area contributed by atoms with Crippen molar-refractivity contribution in [1.82, 2.24) is 4.98 Å². The molecule has 0 unspecified atom stereocenters. The molecule has 0 N–H and O–H groups in total. The lowest BCUT2D eigenvalue weighted by Gasteiger charge is -2.09. The highest BCUT2D eigenvalue weighted by Crippen LogP contribution is 2.31. The highest BCUT2D eigenvalue weighted by atomic mass is 79.9. The molecule has 0 amide bonds. The Morgan fingerprint density at radius 2 is 2.11 bits per heavy atom. The molecule has 1 aromatic heterocycles. The second kappa shape index (κ2) is 6.21. The number of halogens is 1. The van der Waals surface area contributed by atoms with Gasteiger partial charge in [-0.2, -0.15) is 5.26 Å².